The molecule has 0 spiro atoms. The zero-order valence-corrected chi connectivity index (χ0v) is 15.0. The minimum atomic E-state index is -0.400. The van der Waals surface area contributed by atoms with E-state index in [1.54, 1.807) is 0 Å². The van der Waals surface area contributed by atoms with Gasteiger partial charge in [0.1, 0.15) is 5.75 Å². The van der Waals surface area contributed by atoms with Gasteiger partial charge >= 0.3 is 0 Å². The normalized spacial score (nSPS) is 26.7. The Morgan fingerprint density at radius 1 is 1.24 bits per heavy atom. The molecule has 1 N–H and O–H groups in total. The predicted octanol–water partition coefficient (Wildman–Crippen LogP) is 2.14. The van der Waals surface area contributed by atoms with Gasteiger partial charge in [0, 0.05) is 31.1 Å². The molecule has 2 fully saturated rings. The van der Waals surface area contributed by atoms with Crippen LogP contribution in [0.3, 0.4) is 0 Å². The maximum absolute atomic E-state index is 12.8. The average molecular weight is 344 g/mol. The fraction of sp³-hybridized carbons (Fsp3) is 0.650. The Morgan fingerprint density at radius 2 is 1.96 bits per heavy atom. The van der Waals surface area contributed by atoms with E-state index in [1.165, 1.54) is 12.8 Å². The monoisotopic (exact) mass is 344 g/mol. The lowest BCUT2D eigenvalue weighted by Crippen LogP contribution is -2.63. The Labute approximate surface area is 149 Å². The number of nitrogens with zero attached hydrogens (tertiary/aromatic N) is 1. The Bertz CT molecular complexity index is 596. The number of hydrogen-bond donors (Lipinski definition) is 1. The highest BCUT2D eigenvalue weighted by atomic mass is 16.5. The number of rotatable bonds is 4. The zero-order chi connectivity index (χ0) is 17.3. The van der Waals surface area contributed by atoms with Crippen molar-refractivity contribution in [2.24, 2.45) is 0 Å². The number of nitrogens with one attached hydrogen (secondary N) is 1. The second kappa shape index (κ2) is 6.96. The molecule has 3 aliphatic rings. The molecule has 1 aliphatic carbocycles. The summed E-state index contributed by atoms with van der Waals surface area (Å²) >= 11 is 0. The molecule has 1 aromatic carbocycles. The summed E-state index contributed by atoms with van der Waals surface area (Å²) in [7, 11) is 0. The molecule has 1 amide bonds. The first-order valence-electron chi connectivity index (χ1n) is 9.57. The van der Waals surface area contributed by atoms with Crippen molar-refractivity contribution < 1.29 is 14.3 Å². The predicted molar refractivity (Wildman–Crippen MR) is 95.8 cm³/mol. The van der Waals surface area contributed by atoms with Gasteiger partial charge in [-0.1, -0.05) is 31.0 Å². The third kappa shape index (κ3) is 3.15. The van der Waals surface area contributed by atoms with Gasteiger partial charge < -0.3 is 14.8 Å². The van der Waals surface area contributed by atoms with Gasteiger partial charge in [-0.3, -0.25) is 9.69 Å². The number of morpholine rings is 1. The van der Waals surface area contributed by atoms with E-state index in [4.69, 9.17) is 9.47 Å². The van der Waals surface area contributed by atoms with Gasteiger partial charge in [0.25, 0.3) is 5.91 Å². The fourth-order valence-corrected chi connectivity index (χ4v) is 4.79. The molecule has 0 radical (unpaired) electrons. The lowest BCUT2D eigenvalue weighted by Gasteiger charge is -2.47. The van der Waals surface area contributed by atoms with E-state index in [2.05, 4.69) is 17.1 Å². The van der Waals surface area contributed by atoms with Crippen molar-refractivity contribution in [3.8, 4) is 5.75 Å². The first kappa shape index (κ1) is 16.9. The van der Waals surface area contributed by atoms with Gasteiger partial charge in [0.05, 0.1) is 13.2 Å². The molecule has 2 heterocycles. The molecule has 5 nitrogen and oxygen atoms in total. The van der Waals surface area contributed by atoms with E-state index in [9.17, 15) is 4.79 Å². The molecule has 5 heteroatoms. The molecule has 0 aromatic heterocycles. The minimum absolute atomic E-state index is 0.0169. The van der Waals surface area contributed by atoms with Crippen molar-refractivity contribution in [2.45, 2.75) is 56.7 Å². The molecular weight excluding hydrogens is 316 g/mol. The molecule has 0 unspecified atom stereocenters. The van der Waals surface area contributed by atoms with Crippen LogP contribution in [0.1, 0.15) is 38.2 Å². The minimum Gasteiger partial charge on any atom is -0.480 e. The summed E-state index contributed by atoms with van der Waals surface area (Å²) < 4.78 is 11.4. The summed E-state index contributed by atoms with van der Waals surface area (Å²) in [6.45, 7) is 5.69. The van der Waals surface area contributed by atoms with Crippen molar-refractivity contribution in [3.05, 3.63) is 29.8 Å². The molecule has 136 valence electrons. The number of fused-ring (bicyclic) bond motifs is 1. The highest BCUT2D eigenvalue weighted by Gasteiger charge is 2.45. The highest BCUT2D eigenvalue weighted by Crippen LogP contribution is 2.39. The van der Waals surface area contributed by atoms with E-state index in [-0.39, 0.29) is 17.5 Å². The average Bonchev–Trinajstić information content (AvgIpc) is 3.30. The van der Waals surface area contributed by atoms with Gasteiger partial charge in [-0.15, -0.1) is 0 Å². The lowest BCUT2D eigenvalue weighted by atomic mass is 9.86. The maximum Gasteiger partial charge on any atom is 0.261 e. The van der Waals surface area contributed by atoms with Gasteiger partial charge in [-0.05, 0) is 31.4 Å². The van der Waals surface area contributed by atoms with Crippen LogP contribution in [0.15, 0.2) is 24.3 Å². The van der Waals surface area contributed by atoms with E-state index in [0.29, 0.717) is 6.42 Å². The van der Waals surface area contributed by atoms with Gasteiger partial charge in [-0.2, -0.15) is 0 Å². The first-order valence-corrected chi connectivity index (χ1v) is 9.57. The topological polar surface area (TPSA) is 50.8 Å². The number of carbonyl (C=O) groups is 1. The third-order valence-electron chi connectivity index (χ3n) is 6.21. The van der Waals surface area contributed by atoms with Crippen LogP contribution in [0, 0.1) is 0 Å². The maximum atomic E-state index is 12.8. The number of para-hydroxylation sites is 1. The summed E-state index contributed by atoms with van der Waals surface area (Å²) in [5, 5.41) is 3.29. The Hall–Kier alpha value is -1.59. The second-order valence-electron chi connectivity index (χ2n) is 7.56. The van der Waals surface area contributed by atoms with Crippen LogP contribution in [0.4, 0.5) is 0 Å². The van der Waals surface area contributed by atoms with E-state index >= 15 is 0 Å². The first-order chi connectivity index (χ1) is 12.2. The summed E-state index contributed by atoms with van der Waals surface area (Å²) in [5.74, 6) is 0.863. The highest BCUT2D eigenvalue weighted by molar-refractivity contribution is 5.82. The molecule has 25 heavy (non-hydrogen) atoms. The van der Waals surface area contributed by atoms with Crippen molar-refractivity contribution in [3.63, 3.8) is 0 Å². The summed E-state index contributed by atoms with van der Waals surface area (Å²) in [6, 6.07) is 8.05. The number of ether oxygens (including phenoxy) is 2. The Kier molecular flexibility index (Phi) is 4.69. The lowest BCUT2D eigenvalue weighted by molar-refractivity contribution is -0.129. The molecule has 2 atom stereocenters. The van der Waals surface area contributed by atoms with E-state index in [0.717, 1.165) is 50.5 Å². The Balaban J connectivity index is 1.43. The smallest absolute Gasteiger partial charge is 0.261 e. The largest absolute Gasteiger partial charge is 0.480 e. The van der Waals surface area contributed by atoms with Gasteiger partial charge in [-0.25, -0.2) is 0 Å². The quantitative estimate of drug-likeness (QED) is 0.909. The van der Waals surface area contributed by atoms with Crippen molar-refractivity contribution in [1.82, 2.24) is 10.2 Å². The van der Waals surface area contributed by atoms with Crippen LogP contribution in [0.2, 0.25) is 0 Å². The molecule has 1 saturated carbocycles. The second-order valence-corrected chi connectivity index (χ2v) is 7.56. The number of hydrogen-bond acceptors (Lipinski definition) is 4. The molecule has 1 aromatic rings. The van der Waals surface area contributed by atoms with Crippen molar-refractivity contribution in [2.75, 3.05) is 26.3 Å². The molecule has 1 saturated heterocycles. The summed E-state index contributed by atoms with van der Waals surface area (Å²) in [5.41, 5.74) is 1.20. The molecular formula is C20H28N2O3. The van der Waals surface area contributed by atoms with E-state index in [1.807, 2.05) is 24.3 Å². The SMILES string of the molecule is C[C@@H](NC(=O)[C@H]1Cc2ccccc2O1)C1(N2CCOCC2)CCCC1. The Morgan fingerprint density at radius 3 is 2.68 bits per heavy atom. The molecule has 2 aliphatic heterocycles. The van der Waals surface area contributed by atoms with Crippen molar-refractivity contribution in [1.29, 1.82) is 0 Å². The molecule has 0 bridgehead atoms. The third-order valence-corrected chi connectivity index (χ3v) is 6.21. The van der Waals surface area contributed by atoms with E-state index < -0.39 is 6.10 Å². The number of amides is 1. The fourth-order valence-electron chi connectivity index (χ4n) is 4.79. The van der Waals surface area contributed by atoms with Crippen LogP contribution in [-0.2, 0) is 16.0 Å². The molecule has 4 rings (SSSR count). The summed E-state index contributed by atoms with van der Waals surface area (Å²) in [6.07, 6.45) is 5.05. The van der Waals surface area contributed by atoms with Gasteiger partial charge in [0.15, 0.2) is 6.10 Å². The number of carbonyl (C=O) groups excluding carboxylic acids is 1. The standard InChI is InChI=1S/C20H28N2O3/c1-15(20(8-4-5-9-20)22-10-12-24-13-11-22)21-19(23)18-14-16-6-2-3-7-17(16)25-18/h2-3,6-7,15,18H,4-5,8-14H2,1H3,(H,21,23)/t15-,18-/m1/s1. The number of benzene rings is 1. The zero-order valence-electron chi connectivity index (χ0n) is 15.0. The van der Waals surface area contributed by atoms with Crippen LogP contribution in [0.25, 0.3) is 0 Å². The van der Waals surface area contributed by atoms with Crippen LogP contribution < -0.4 is 10.1 Å². The summed E-state index contributed by atoms with van der Waals surface area (Å²) in [4.78, 5) is 15.4. The van der Waals surface area contributed by atoms with Crippen LogP contribution in [0.5, 0.6) is 5.75 Å². The van der Waals surface area contributed by atoms with Crippen molar-refractivity contribution >= 4 is 5.91 Å². The van der Waals surface area contributed by atoms with Gasteiger partial charge in [0.2, 0.25) is 0 Å². The van der Waals surface area contributed by atoms with Crippen LogP contribution >= 0.6 is 0 Å². The van der Waals surface area contributed by atoms with Crippen LogP contribution in [-0.4, -0.2) is 54.8 Å².